The molecule has 1 atom stereocenters. The summed E-state index contributed by atoms with van der Waals surface area (Å²) in [5.41, 5.74) is 0. The number of hydrogen-bond donors (Lipinski definition) is 0. The summed E-state index contributed by atoms with van der Waals surface area (Å²) in [6.45, 7) is 6.35. The summed E-state index contributed by atoms with van der Waals surface area (Å²) >= 11 is 0. The van der Waals surface area contributed by atoms with E-state index < -0.39 is 0 Å². The molecule has 2 nitrogen and oxygen atoms in total. The standard InChI is InChI=1S/C13H25NO/c1-3-5-8-12-9-6-10-14(11-12)13(15)7-4-2/h12H,3-11H2,1-2H3. The highest BCUT2D eigenvalue weighted by molar-refractivity contribution is 5.76. The van der Waals surface area contributed by atoms with Gasteiger partial charge in [-0.05, 0) is 31.6 Å². The van der Waals surface area contributed by atoms with Gasteiger partial charge in [-0.1, -0.05) is 26.7 Å². The first-order valence-corrected chi connectivity index (χ1v) is 6.55. The Hall–Kier alpha value is -0.530. The van der Waals surface area contributed by atoms with Crippen LogP contribution in [0.5, 0.6) is 0 Å². The normalized spacial score (nSPS) is 21.7. The number of rotatable bonds is 5. The summed E-state index contributed by atoms with van der Waals surface area (Å²) < 4.78 is 0. The molecule has 88 valence electrons. The van der Waals surface area contributed by atoms with E-state index >= 15 is 0 Å². The molecule has 1 aliphatic heterocycles. The molecule has 1 heterocycles. The first-order valence-electron chi connectivity index (χ1n) is 6.55. The van der Waals surface area contributed by atoms with Crippen LogP contribution in [0, 0.1) is 5.92 Å². The van der Waals surface area contributed by atoms with E-state index in [1.54, 1.807) is 0 Å². The Balaban J connectivity index is 2.31. The molecule has 0 aromatic heterocycles. The maximum absolute atomic E-state index is 11.7. The fraction of sp³-hybridized carbons (Fsp3) is 0.923. The summed E-state index contributed by atoms with van der Waals surface area (Å²) in [6.07, 6.45) is 8.17. The van der Waals surface area contributed by atoms with E-state index in [1.807, 2.05) is 0 Å². The Morgan fingerprint density at radius 1 is 1.33 bits per heavy atom. The van der Waals surface area contributed by atoms with Crippen LogP contribution < -0.4 is 0 Å². The van der Waals surface area contributed by atoms with Crippen LogP contribution in [0.2, 0.25) is 0 Å². The third-order valence-corrected chi connectivity index (χ3v) is 3.30. The maximum atomic E-state index is 11.7. The lowest BCUT2D eigenvalue weighted by Gasteiger charge is -2.32. The minimum atomic E-state index is 0.374. The molecule has 0 aliphatic carbocycles. The van der Waals surface area contributed by atoms with Crippen molar-refractivity contribution in [3.63, 3.8) is 0 Å². The fourth-order valence-electron chi connectivity index (χ4n) is 2.39. The van der Waals surface area contributed by atoms with Crippen LogP contribution in [-0.2, 0) is 4.79 Å². The Morgan fingerprint density at radius 3 is 2.80 bits per heavy atom. The Kier molecular flexibility index (Phi) is 5.74. The number of nitrogens with zero attached hydrogens (tertiary/aromatic N) is 1. The van der Waals surface area contributed by atoms with Gasteiger partial charge in [0, 0.05) is 19.5 Å². The van der Waals surface area contributed by atoms with Gasteiger partial charge in [-0.15, -0.1) is 0 Å². The van der Waals surface area contributed by atoms with Crippen LogP contribution in [0.3, 0.4) is 0 Å². The summed E-state index contributed by atoms with van der Waals surface area (Å²) in [5.74, 6) is 1.15. The highest BCUT2D eigenvalue weighted by Crippen LogP contribution is 2.22. The molecule has 0 aromatic carbocycles. The molecule has 0 radical (unpaired) electrons. The predicted molar refractivity (Wildman–Crippen MR) is 63.7 cm³/mol. The van der Waals surface area contributed by atoms with Crippen LogP contribution >= 0.6 is 0 Å². The van der Waals surface area contributed by atoms with Gasteiger partial charge in [-0.3, -0.25) is 4.79 Å². The molecule has 1 fully saturated rings. The van der Waals surface area contributed by atoms with E-state index in [2.05, 4.69) is 18.7 Å². The molecule has 1 amide bonds. The minimum Gasteiger partial charge on any atom is -0.342 e. The van der Waals surface area contributed by atoms with E-state index in [0.717, 1.165) is 31.8 Å². The molecule has 0 spiro atoms. The lowest BCUT2D eigenvalue weighted by atomic mass is 9.92. The van der Waals surface area contributed by atoms with Crippen LogP contribution in [0.1, 0.15) is 58.8 Å². The largest absolute Gasteiger partial charge is 0.342 e. The molecule has 0 N–H and O–H groups in total. The van der Waals surface area contributed by atoms with Crippen LogP contribution in [0.25, 0.3) is 0 Å². The zero-order valence-electron chi connectivity index (χ0n) is 10.3. The lowest BCUT2D eigenvalue weighted by Crippen LogP contribution is -2.39. The van der Waals surface area contributed by atoms with Gasteiger partial charge in [0.1, 0.15) is 0 Å². The van der Waals surface area contributed by atoms with Gasteiger partial charge in [0.15, 0.2) is 0 Å². The number of carbonyl (C=O) groups excluding carboxylic acids is 1. The van der Waals surface area contributed by atoms with Crippen molar-refractivity contribution in [3.05, 3.63) is 0 Å². The molecule has 1 unspecified atom stereocenters. The lowest BCUT2D eigenvalue weighted by molar-refractivity contribution is -0.133. The molecule has 0 saturated carbocycles. The van der Waals surface area contributed by atoms with Crippen LogP contribution in [-0.4, -0.2) is 23.9 Å². The van der Waals surface area contributed by atoms with Gasteiger partial charge in [-0.2, -0.15) is 0 Å². The SMILES string of the molecule is CCCCC1CCCN(C(=O)CCC)C1. The second kappa shape index (κ2) is 6.86. The predicted octanol–water partition coefficient (Wildman–Crippen LogP) is 3.22. The monoisotopic (exact) mass is 211 g/mol. The van der Waals surface area contributed by atoms with Crippen molar-refractivity contribution in [1.29, 1.82) is 0 Å². The average Bonchev–Trinajstić information content (AvgIpc) is 2.27. The third kappa shape index (κ3) is 4.23. The highest BCUT2D eigenvalue weighted by Gasteiger charge is 2.22. The first-order chi connectivity index (χ1) is 7.27. The maximum Gasteiger partial charge on any atom is 0.222 e. The zero-order valence-corrected chi connectivity index (χ0v) is 10.3. The molecule has 1 aliphatic rings. The number of hydrogen-bond acceptors (Lipinski definition) is 1. The summed E-state index contributed by atoms with van der Waals surface area (Å²) in [7, 11) is 0. The van der Waals surface area contributed by atoms with E-state index in [0.29, 0.717) is 5.91 Å². The van der Waals surface area contributed by atoms with E-state index in [-0.39, 0.29) is 0 Å². The van der Waals surface area contributed by atoms with Gasteiger partial charge in [0.25, 0.3) is 0 Å². The topological polar surface area (TPSA) is 20.3 Å². The van der Waals surface area contributed by atoms with Crippen molar-refractivity contribution in [2.75, 3.05) is 13.1 Å². The van der Waals surface area contributed by atoms with Crippen LogP contribution in [0.4, 0.5) is 0 Å². The van der Waals surface area contributed by atoms with Gasteiger partial charge in [0.05, 0.1) is 0 Å². The number of unbranched alkanes of at least 4 members (excludes halogenated alkanes) is 1. The molecule has 2 heteroatoms. The highest BCUT2D eigenvalue weighted by atomic mass is 16.2. The summed E-state index contributed by atoms with van der Waals surface area (Å²) in [5, 5.41) is 0. The molecular weight excluding hydrogens is 186 g/mol. The first kappa shape index (κ1) is 12.5. The number of piperidine rings is 1. The van der Waals surface area contributed by atoms with E-state index in [1.165, 1.54) is 32.1 Å². The molecule has 0 aromatic rings. The second-order valence-corrected chi connectivity index (χ2v) is 4.74. The minimum absolute atomic E-state index is 0.374. The van der Waals surface area contributed by atoms with Crippen molar-refractivity contribution in [2.24, 2.45) is 5.92 Å². The third-order valence-electron chi connectivity index (χ3n) is 3.30. The van der Waals surface area contributed by atoms with E-state index in [9.17, 15) is 4.79 Å². The van der Waals surface area contributed by atoms with Crippen LogP contribution in [0.15, 0.2) is 0 Å². The molecule has 1 rings (SSSR count). The molecule has 1 saturated heterocycles. The van der Waals surface area contributed by atoms with Gasteiger partial charge < -0.3 is 4.90 Å². The quantitative estimate of drug-likeness (QED) is 0.683. The van der Waals surface area contributed by atoms with Crippen molar-refractivity contribution in [3.8, 4) is 0 Å². The van der Waals surface area contributed by atoms with Crippen molar-refractivity contribution >= 4 is 5.91 Å². The molecular formula is C13H25NO. The second-order valence-electron chi connectivity index (χ2n) is 4.74. The Morgan fingerprint density at radius 2 is 2.13 bits per heavy atom. The van der Waals surface area contributed by atoms with Gasteiger partial charge >= 0.3 is 0 Å². The Bertz CT molecular complexity index is 191. The molecule has 15 heavy (non-hydrogen) atoms. The van der Waals surface area contributed by atoms with Crippen molar-refractivity contribution < 1.29 is 4.79 Å². The fourth-order valence-corrected chi connectivity index (χ4v) is 2.39. The van der Waals surface area contributed by atoms with E-state index in [4.69, 9.17) is 0 Å². The summed E-state index contributed by atoms with van der Waals surface area (Å²) in [4.78, 5) is 13.8. The number of carbonyl (C=O) groups is 1. The average molecular weight is 211 g/mol. The molecule has 0 bridgehead atoms. The number of amides is 1. The van der Waals surface area contributed by atoms with Crippen molar-refractivity contribution in [2.45, 2.75) is 58.8 Å². The van der Waals surface area contributed by atoms with Gasteiger partial charge in [-0.25, -0.2) is 0 Å². The summed E-state index contributed by atoms with van der Waals surface area (Å²) in [6, 6.07) is 0. The Labute approximate surface area is 94.0 Å². The number of likely N-dealkylation sites (tertiary alicyclic amines) is 1. The smallest absolute Gasteiger partial charge is 0.222 e. The zero-order chi connectivity index (χ0) is 11.1. The van der Waals surface area contributed by atoms with Crippen molar-refractivity contribution in [1.82, 2.24) is 4.90 Å². The van der Waals surface area contributed by atoms with Gasteiger partial charge in [0.2, 0.25) is 5.91 Å².